The average Bonchev–Trinajstić information content (AvgIpc) is 2.06. The van der Waals surface area contributed by atoms with Gasteiger partial charge in [-0.2, -0.15) is 0 Å². The van der Waals surface area contributed by atoms with Crippen molar-refractivity contribution in [3.8, 4) is 0 Å². The fourth-order valence-electron chi connectivity index (χ4n) is 1.40. The maximum Gasteiger partial charge on any atom is 0.0433 e. The second-order valence-electron chi connectivity index (χ2n) is 2.75. The fraction of sp³-hybridized carbons (Fsp3) is 0.333. The van der Waals surface area contributed by atoms with Gasteiger partial charge < -0.3 is 0 Å². The first-order valence-corrected chi connectivity index (χ1v) is 3.82. The number of fused-ring (bicyclic) bond motifs is 1. The third kappa shape index (κ3) is 1.04. The SMILES string of the molecule is CC1=NCCc2ccncc21. The van der Waals surface area contributed by atoms with Crippen LogP contribution >= 0.6 is 0 Å². The highest BCUT2D eigenvalue weighted by molar-refractivity contribution is 6.00. The monoisotopic (exact) mass is 146 g/mol. The van der Waals surface area contributed by atoms with E-state index in [4.69, 9.17) is 0 Å². The van der Waals surface area contributed by atoms with Crippen molar-refractivity contribution in [2.24, 2.45) is 4.99 Å². The van der Waals surface area contributed by atoms with E-state index in [-0.39, 0.29) is 0 Å². The third-order valence-corrected chi connectivity index (χ3v) is 2.03. The second-order valence-corrected chi connectivity index (χ2v) is 2.75. The zero-order chi connectivity index (χ0) is 7.68. The molecule has 0 spiro atoms. The zero-order valence-corrected chi connectivity index (χ0v) is 6.54. The van der Waals surface area contributed by atoms with Crippen molar-refractivity contribution < 1.29 is 0 Å². The molecule has 0 unspecified atom stereocenters. The van der Waals surface area contributed by atoms with Crippen LogP contribution in [0.15, 0.2) is 23.5 Å². The molecule has 1 aliphatic rings. The standard InChI is InChI=1S/C9H10N2/c1-7-9-6-10-4-2-8(9)3-5-11-7/h2,4,6H,3,5H2,1H3. The van der Waals surface area contributed by atoms with Crippen LogP contribution in [-0.4, -0.2) is 17.2 Å². The molecule has 0 radical (unpaired) electrons. The molecule has 0 amide bonds. The Balaban J connectivity index is 2.56. The summed E-state index contributed by atoms with van der Waals surface area (Å²) >= 11 is 0. The summed E-state index contributed by atoms with van der Waals surface area (Å²) in [5.74, 6) is 0. The molecule has 0 bridgehead atoms. The van der Waals surface area contributed by atoms with Gasteiger partial charge in [0.1, 0.15) is 0 Å². The molecule has 56 valence electrons. The molecule has 1 aromatic rings. The minimum atomic E-state index is 0.933. The lowest BCUT2D eigenvalue weighted by Gasteiger charge is -2.12. The number of pyridine rings is 1. The number of nitrogens with zero attached hydrogens (tertiary/aromatic N) is 2. The normalized spacial score (nSPS) is 15.5. The van der Waals surface area contributed by atoms with Gasteiger partial charge >= 0.3 is 0 Å². The molecule has 2 heterocycles. The lowest BCUT2D eigenvalue weighted by Crippen LogP contribution is -2.09. The van der Waals surface area contributed by atoms with Gasteiger partial charge in [0, 0.05) is 30.2 Å². The Kier molecular flexibility index (Phi) is 1.46. The molecule has 0 saturated heterocycles. The first-order valence-electron chi connectivity index (χ1n) is 3.82. The lowest BCUT2D eigenvalue weighted by molar-refractivity contribution is 0.935. The molecule has 1 aliphatic heterocycles. The van der Waals surface area contributed by atoms with Crippen molar-refractivity contribution in [2.75, 3.05) is 6.54 Å². The van der Waals surface area contributed by atoms with Crippen molar-refractivity contribution in [1.29, 1.82) is 0 Å². The van der Waals surface area contributed by atoms with Gasteiger partial charge in [0.25, 0.3) is 0 Å². The van der Waals surface area contributed by atoms with Gasteiger partial charge in [-0.25, -0.2) is 0 Å². The summed E-state index contributed by atoms with van der Waals surface area (Å²) in [6.45, 7) is 2.97. The van der Waals surface area contributed by atoms with Crippen molar-refractivity contribution in [1.82, 2.24) is 4.98 Å². The van der Waals surface area contributed by atoms with Crippen LogP contribution in [-0.2, 0) is 6.42 Å². The predicted molar refractivity (Wildman–Crippen MR) is 45.0 cm³/mol. The molecular formula is C9H10N2. The summed E-state index contributed by atoms with van der Waals surface area (Å²) in [7, 11) is 0. The minimum absolute atomic E-state index is 0.933. The van der Waals surface area contributed by atoms with Gasteiger partial charge in [0.2, 0.25) is 0 Å². The van der Waals surface area contributed by atoms with Crippen LogP contribution in [0.5, 0.6) is 0 Å². The Bertz CT molecular complexity index is 302. The van der Waals surface area contributed by atoms with Crippen molar-refractivity contribution >= 4 is 5.71 Å². The van der Waals surface area contributed by atoms with E-state index in [2.05, 4.69) is 16.0 Å². The van der Waals surface area contributed by atoms with Crippen LogP contribution in [0.3, 0.4) is 0 Å². The fourth-order valence-corrected chi connectivity index (χ4v) is 1.40. The highest BCUT2D eigenvalue weighted by Crippen LogP contribution is 2.13. The van der Waals surface area contributed by atoms with Gasteiger partial charge in [-0.05, 0) is 25.0 Å². The Morgan fingerprint density at radius 1 is 1.45 bits per heavy atom. The van der Waals surface area contributed by atoms with Gasteiger partial charge in [0.15, 0.2) is 0 Å². The summed E-state index contributed by atoms with van der Waals surface area (Å²) in [5.41, 5.74) is 3.73. The Hall–Kier alpha value is -1.18. The van der Waals surface area contributed by atoms with Crippen molar-refractivity contribution in [3.63, 3.8) is 0 Å². The molecule has 2 rings (SSSR count). The highest BCUT2D eigenvalue weighted by Gasteiger charge is 2.08. The van der Waals surface area contributed by atoms with Gasteiger partial charge in [-0.1, -0.05) is 0 Å². The summed E-state index contributed by atoms with van der Waals surface area (Å²) in [6.07, 6.45) is 4.81. The molecule has 2 heteroatoms. The minimum Gasteiger partial charge on any atom is -0.289 e. The maximum atomic E-state index is 4.35. The summed E-state index contributed by atoms with van der Waals surface area (Å²) in [6, 6.07) is 2.08. The molecule has 0 saturated carbocycles. The van der Waals surface area contributed by atoms with E-state index in [1.54, 1.807) is 0 Å². The number of hydrogen-bond donors (Lipinski definition) is 0. The first kappa shape index (κ1) is 6.53. The first-order chi connectivity index (χ1) is 5.38. The molecule has 2 nitrogen and oxygen atoms in total. The number of aromatic nitrogens is 1. The smallest absolute Gasteiger partial charge is 0.0433 e. The van der Waals surface area contributed by atoms with Crippen LogP contribution in [0.1, 0.15) is 18.1 Å². The number of hydrogen-bond acceptors (Lipinski definition) is 2. The van der Waals surface area contributed by atoms with Crippen LogP contribution < -0.4 is 0 Å². The Labute approximate surface area is 66.0 Å². The molecule has 0 aromatic carbocycles. The third-order valence-electron chi connectivity index (χ3n) is 2.03. The van der Waals surface area contributed by atoms with E-state index >= 15 is 0 Å². The molecular weight excluding hydrogens is 136 g/mol. The Morgan fingerprint density at radius 3 is 3.18 bits per heavy atom. The zero-order valence-electron chi connectivity index (χ0n) is 6.54. The Morgan fingerprint density at radius 2 is 2.36 bits per heavy atom. The summed E-state index contributed by atoms with van der Waals surface area (Å²) in [4.78, 5) is 8.42. The summed E-state index contributed by atoms with van der Waals surface area (Å²) in [5, 5.41) is 0. The van der Waals surface area contributed by atoms with Gasteiger partial charge in [0.05, 0.1) is 0 Å². The molecule has 0 aliphatic carbocycles. The maximum absolute atomic E-state index is 4.35. The van der Waals surface area contributed by atoms with Crippen LogP contribution in [0.4, 0.5) is 0 Å². The lowest BCUT2D eigenvalue weighted by atomic mass is 10.0. The highest BCUT2D eigenvalue weighted by atomic mass is 14.8. The largest absolute Gasteiger partial charge is 0.289 e. The number of aliphatic imine (C=N–C) groups is 1. The van der Waals surface area contributed by atoms with E-state index in [1.165, 1.54) is 11.1 Å². The van der Waals surface area contributed by atoms with Gasteiger partial charge in [-0.15, -0.1) is 0 Å². The molecule has 0 atom stereocenters. The second kappa shape index (κ2) is 2.46. The predicted octanol–water partition coefficient (Wildman–Crippen LogP) is 1.45. The molecule has 1 aromatic heterocycles. The van der Waals surface area contributed by atoms with Crippen molar-refractivity contribution in [3.05, 3.63) is 29.6 Å². The van der Waals surface area contributed by atoms with Crippen LogP contribution in [0.2, 0.25) is 0 Å². The van der Waals surface area contributed by atoms with Crippen LogP contribution in [0, 0.1) is 0 Å². The van der Waals surface area contributed by atoms with E-state index in [0.717, 1.165) is 18.7 Å². The van der Waals surface area contributed by atoms with E-state index in [9.17, 15) is 0 Å². The average molecular weight is 146 g/mol. The topological polar surface area (TPSA) is 25.2 Å². The van der Waals surface area contributed by atoms with E-state index < -0.39 is 0 Å². The van der Waals surface area contributed by atoms with Gasteiger partial charge in [-0.3, -0.25) is 9.98 Å². The van der Waals surface area contributed by atoms with E-state index in [0.29, 0.717) is 0 Å². The summed E-state index contributed by atoms with van der Waals surface area (Å²) < 4.78 is 0. The molecule has 11 heavy (non-hydrogen) atoms. The molecule has 0 fully saturated rings. The molecule has 0 N–H and O–H groups in total. The quantitative estimate of drug-likeness (QED) is 0.543. The number of rotatable bonds is 0. The van der Waals surface area contributed by atoms with Crippen molar-refractivity contribution in [2.45, 2.75) is 13.3 Å². The van der Waals surface area contributed by atoms with Crippen LogP contribution in [0.25, 0.3) is 0 Å². The van der Waals surface area contributed by atoms with E-state index in [1.807, 2.05) is 19.3 Å².